The third-order valence-corrected chi connectivity index (χ3v) is 11.4. The SMILES string of the molecule is CCCCCCCCCCCCCCCCCCCCCCCCCCCCCC(=O)NC(CO)C(O)CCCCCCCCCCCCCC. The normalized spacial score (nSPS) is 12.8. The molecule has 2 atom stereocenters. The second-order valence-electron chi connectivity index (χ2n) is 16.5. The van der Waals surface area contributed by atoms with E-state index in [1.165, 1.54) is 225 Å². The molecule has 0 rings (SSSR count). The summed E-state index contributed by atoms with van der Waals surface area (Å²) in [5, 5.41) is 23.1. The van der Waals surface area contributed by atoms with E-state index in [1.54, 1.807) is 0 Å². The van der Waals surface area contributed by atoms with Crippen molar-refractivity contribution in [1.29, 1.82) is 0 Å². The summed E-state index contributed by atoms with van der Waals surface area (Å²) in [4.78, 5) is 12.4. The molecule has 4 nitrogen and oxygen atoms in total. The van der Waals surface area contributed by atoms with Crippen LogP contribution in [-0.4, -0.2) is 34.9 Å². The molecule has 0 aliphatic rings. The Balaban J connectivity index is 3.38. The minimum absolute atomic E-state index is 0.0256. The summed E-state index contributed by atoms with van der Waals surface area (Å²) in [6, 6.07) is -0.529. The molecule has 306 valence electrons. The molecule has 2 unspecified atom stereocenters. The van der Waals surface area contributed by atoms with Gasteiger partial charge in [-0.2, -0.15) is 0 Å². The summed E-state index contributed by atoms with van der Waals surface area (Å²) in [5.74, 6) is -0.0256. The molecule has 51 heavy (non-hydrogen) atoms. The van der Waals surface area contributed by atoms with Crippen LogP contribution in [0.2, 0.25) is 0 Å². The van der Waals surface area contributed by atoms with Crippen LogP contribution >= 0.6 is 0 Å². The van der Waals surface area contributed by atoms with Crippen LogP contribution in [-0.2, 0) is 4.79 Å². The number of aliphatic hydroxyl groups is 2. The van der Waals surface area contributed by atoms with Gasteiger partial charge in [-0.05, 0) is 12.8 Å². The molecule has 0 aliphatic carbocycles. The largest absolute Gasteiger partial charge is 0.394 e. The highest BCUT2D eigenvalue weighted by Crippen LogP contribution is 2.17. The highest BCUT2D eigenvalue weighted by molar-refractivity contribution is 5.76. The van der Waals surface area contributed by atoms with Crippen molar-refractivity contribution < 1.29 is 15.0 Å². The molecule has 0 saturated heterocycles. The Labute approximate surface area is 321 Å². The van der Waals surface area contributed by atoms with E-state index in [0.29, 0.717) is 12.8 Å². The lowest BCUT2D eigenvalue weighted by atomic mass is 10.0. The number of amides is 1. The van der Waals surface area contributed by atoms with E-state index in [2.05, 4.69) is 19.2 Å². The van der Waals surface area contributed by atoms with E-state index >= 15 is 0 Å². The van der Waals surface area contributed by atoms with Gasteiger partial charge >= 0.3 is 0 Å². The van der Waals surface area contributed by atoms with Gasteiger partial charge < -0.3 is 15.5 Å². The van der Waals surface area contributed by atoms with Crippen molar-refractivity contribution in [3.8, 4) is 0 Å². The molecule has 3 N–H and O–H groups in total. The molecule has 0 saturated carbocycles. The average Bonchev–Trinajstić information content (AvgIpc) is 3.13. The predicted octanol–water partition coefficient (Wildman–Crippen LogP) is 14.9. The fraction of sp³-hybridized carbons (Fsp3) is 0.979. The Kier molecular flexibility index (Phi) is 43.3. The first-order valence-electron chi connectivity index (χ1n) is 23.7. The molecule has 0 fully saturated rings. The summed E-state index contributed by atoms with van der Waals surface area (Å²) in [7, 11) is 0. The Hall–Kier alpha value is -0.610. The number of nitrogens with one attached hydrogen (secondary N) is 1. The Morgan fingerprint density at radius 3 is 0.882 bits per heavy atom. The fourth-order valence-electron chi connectivity index (χ4n) is 7.72. The van der Waals surface area contributed by atoms with Crippen molar-refractivity contribution in [3.05, 3.63) is 0 Å². The van der Waals surface area contributed by atoms with Gasteiger partial charge in [0.05, 0.1) is 18.8 Å². The molecule has 0 aromatic heterocycles. The summed E-state index contributed by atoms with van der Waals surface area (Å²) in [6.45, 7) is 4.38. The standard InChI is InChI=1S/C47H95NO3/c1-3-5-7-9-11-13-15-17-18-19-20-21-22-23-24-25-26-27-28-29-30-31-33-35-37-39-41-43-47(51)48-45(44-49)46(50)42-40-38-36-34-32-16-14-12-10-8-6-4-2/h45-46,49-50H,3-44H2,1-2H3,(H,48,51). The van der Waals surface area contributed by atoms with Crippen molar-refractivity contribution in [2.45, 2.75) is 289 Å². The van der Waals surface area contributed by atoms with Gasteiger partial charge in [-0.15, -0.1) is 0 Å². The maximum atomic E-state index is 12.4. The monoisotopic (exact) mass is 722 g/mol. The molecule has 0 aromatic rings. The first kappa shape index (κ1) is 50.4. The van der Waals surface area contributed by atoms with E-state index in [4.69, 9.17) is 0 Å². The number of carbonyl (C=O) groups is 1. The Bertz CT molecular complexity index is 655. The van der Waals surface area contributed by atoms with Crippen molar-refractivity contribution in [1.82, 2.24) is 5.32 Å². The minimum atomic E-state index is -0.652. The number of hydrogen-bond donors (Lipinski definition) is 3. The van der Waals surface area contributed by atoms with Crippen LogP contribution in [0.15, 0.2) is 0 Å². The maximum Gasteiger partial charge on any atom is 0.220 e. The van der Waals surface area contributed by atoms with Gasteiger partial charge in [-0.25, -0.2) is 0 Å². The van der Waals surface area contributed by atoms with E-state index in [0.717, 1.165) is 25.7 Å². The topological polar surface area (TPSA) is 69.6 Å². The van der Waals surface area contributed by atoms with Gasteiger partial charge in [0.15, 0.2) is 0 Å². The van der Waals surface area contributed by atoms with Gasteiger partial charge in [-0.1, -0.05) is 258 Å². The van der Waals surface area contributed by atoms with Crippen molar-refractivity contribution in [2.24, 2.45) is 0 Å². The van der Waals surface area contributed by atoms with Crippen LogP contribution in [0.4, 0.5) is 0 Å². The number of hydrogen-bond acceptors (Lipinski definition) is 3. The van der Waals surface area contributed by atoms with E-state index in [9.17, 15) is 15.0 Å². The van der Waals surface area contributed by atoms with E-state index in [-0.39, 0.29) is 12.5 Å². The minimum Gasteiger partial charge on any atom is -0.394 e. The van der Waals surface area contributed by atoms with Gasteiger partial charge in [0.2, 0.25) is 5.91 Å². The van der Waals surface area contributed by atoms with Crippen LogP contribution in [0.1, 0.15) is 277 Å². The van der Waals surface area contributed by atoms with Crippen molar-refractivity contribution in [2.75, 3.05) is 6.61 Å². The average molecular weight is 722 g/mol. The lowest BCUT2D eigenvalue weighted by molar-refractivity contribution is -0.123. The summed E-state index contributed by atoms with van der Waals surface area (Å²) in [5.41, 5.74) is 0. The first-order valence-corrected chi connectivity index (χ1v) is 23.7. The molecule has 0 radical (unpaired) electrons. The molecule has 0 aliphatic heterocycles. The molecular formula is C47H95NO3. The summed E-state index contributed by atoms with van der Waals surface area (Å²) < 4.78 is 0. The van der Waals surface area contributed by atoms with Gasteiger partial charge in [0, 0.05) is 6.42 Å². The number of aliphatic hydroxyl groups excluding tert-OH is 2. The number of rotatable bonds is 44. The number of unbranched alkanes of at least 4 members (excludes halogenated alkanes) is 37. The van der Waals surface area contributed by atoms with Crippen LogP contribution in [0, 0.1) is 0 Å². The first-order chi connectivity index (χ1) is 25.2. The van der Waals surface area contributed by atoms with E-state index < -0.39 is 12.1 Å². The second kappa shape index (κ2) is 43.8. The lowest BCUT2D eigenvalue weighted by Gasteiger charge is -2.22. The highest BCUT2D eigenvalue weighted by atomic mass is 16.3. The highest BCUT2D eigenvalue weighted by Gasteiger charge is 2.20. The molecule has 0 bridgehead atoms. The third-order valence-electron chi connectivity index (χ3n) is 11.4. The van der Waals surface area contributed by atoms with Crippen LogP contribution < -0.4 is 5.32 Å². The van der Waals surface area contributed by atoms with Crippen LogP contribution in [0.5, 0.6) is 0 Å². The van der Waals surface area contributed by atoms with E-state index in [1.807, 2.05) is 0 Å². The molecular weight excluding hydrogens is 627 g/mol. The third kappa shape index (κ3) is 40.4. The lowest BCUT2D eigenvalue weighted by Crippen LogP contribution is -2.45. The zero-order valence-corrected chi connectivity index (χ0v) is 35.2. The summed E-state index contributed by atoms with van der Waals surface area (Å²) >= 11 is 0. The Morgan fingerprint density at radius 1 is 0.392 bits per heavy atom. The zero-order chi connectivity index (χ0) is 37.1. The molecule has 0 spiro atoms. The molecule has 1 amide bonds. The molecule has 0 heterocycles. The quantitative estimate of drug-likeness (QED) is 0.0549. The Morgan fingerprint density at radius 2 is 0.627 bits per heavy atom. The van der Waals surface area contributed by atoms with Gasteiger partial charge in [0.1, 0.15) is 0 Å². The zero-order valence-electron chi connectivity index (χ0n) is 35.2. The van der Waals surface area contributed by atoms with Gasteiger partial charge in [-0.3, -0.25) is 4.79 Å². The summed E-state index contributed by atoms with van der Waals surface area (Å²) in [6.07, 6.45) is 53.5. The van der Waals surface area contributed by atoms with Crippen LogP contribution in [0.25, 0.3) is 0 Å². The molecule has 0 aromatic carbocycles. The van der Waals surface area contributed by atoms with Crippen molar-refractivity contribution in [3.63, 3.8) is 0 Å². The van der Waals surface area contributed by atoms with Crippen LogP contribution in [0.3, 0.4) is 0 Å². The maximum absolute atomic E-state index is 12.4. The molecule has 4 heteroatoms. The smallest absolute Gasteiger partial charge is 0.220 e. The predicted molar refractivity (Wildman–Crippen MR) is 226 cm³/mol. The van der Waals surface area contributed by atoms with Crippen molar-refractivity contribution >= 4 is 5.91 Å². The van der Waals surface area contributed by atoms with Gasteiger partial charge in [0.25, 0.3) is 0 Å². The fourth-order valence-corrected chi connectivity index (χ4v) is 7.72. The number of carbonyl (C=O) groups excluding carboxylic acids is 1. The second-order valence-corrected chi connectivity index (χ2v) is 16.5.